The predicted molar refractivity (Wildman–Crippen MR) is 68.6 cm³/mol. The van der Waals surface area contributed by atoms with E-state index in [0.717, 1.165) is 22.8 Å². The first-order valence-corrected chi connectivity index (χ1v) is 6.52. The Morgan fingerprint density at radius 3 is 2.50 bits per heavy atom. The van der Waals surface area contributed by atoms with Crippen molar-refractivity contribution in [3.63, 3.8) is 0 Å². The molecule has 16 heavy (non-hydrogen) atoms. The molecule has 0 saturated heterocycles. The lowest BCUT2D eigenvalue weighted by Crippen LogP contribution is -1.89. The molecule has 0 saturated carbocycles. The maximum atomic E-state index is 4.47. The number of rotatable bonds is 3. The summed E-state index contributed by atoms with van der Waals surface area (Å²) in [5.41, 5.74) is 3.49. The van der Waals surface area contributed by atoms with Gasteiger partial charge in [0.25, 0.3) is 0 Å². The van der Waals surface area contributed by atoms with Gasteiger partial charge in [-0.05, 0) is 24.3 Å². The highest BCUT2D eigenvalue weighted by Crippen LogP contribution is 2.19. The summed E-state index contributed by atoms with van der Waals surface area (Å²) in [6, 6.07) is 10.5. The van der Waals surface area contributed by atoms with Gasteiger partial charge in [0.15, 0.2) is 5.16 Å². The molecule has 0 fully saturated rings. The molecular formula is C13H14N2S. The van der Waals surface area contributed by atoms with Crippen LogP contribution in [0.4, 0.5) is 0 Å². The quantitative estimate of drug-likeness (QED) is 0.597. The van der Waals surface area contributed by atoms with Gasteiger partial charge in [-0.15, -0.1) is 0 Å². The third-order valence-electron chi connectivity index (χ3n) is 2.47. The van der Waals surface area contributed by atoms with E-state index >= 15 is 0 Å². The Balaban J connectivity index is 2.34. The molecule has 82 valence electrons. The molecule has 0 atom stereocenters. The minimum atomic E-state index is 0.817. The first-order chi connectivity index (χ1) is 7.83. The zero-order valence-corrected chi connectivity index (χ0v) is 10.3. The van der Waals surface area contributed by atoms with Gasteiger partial charge in [0.2, 0.25) is 0 Å². The van der Waals surface area contributed by atoms with Gasteiger partial charge in [0, 0.05) is 11.8 Å². The molecular weight excluding hydrogens is 216 g/mol. The van der Waals surface area contributed by atoms with Crippen molar-refractivity contribution in [2.45, 2.75) is 18.5 Å². The number of hydrogen-bond donors (Lipinski definition) is 0. The van der Waals surface area contributed by atoms with Gasteiger partial charge >= 0.3 is 0 Å². The van der Waals surface area contributed by atoms with Crippen molar-refractivity contribution in [3.8, 4) is 11.3 Å². The third kappa shape index (κ3) is 2.42. The first kappa shape index (κ1) is 11.1. The van der Waals surface area contributed by atoms with Crippen molar-refractivity contribution in [3.05, 3.63) is 42.1 Å². The van der Waals surface area contributed by atoms with E-state index in [1.165, 1.54) is 5.56 Å². The standard InChI is InChI=1S/C13H14N2S/c1-3-10-4-6-11(7-5-10)12-8-9-14-13(15-12)16-2/h4-9H,3H2,1-2H3. The van der Waals surface area contributed by atoms with Crippen LogP contribution in [-0.2, 0) is 6.42 Å². The van der Waals surface area contributed by atoms with Gasteiger partial charge in [-0.1, -0.05) is 43.0 Å². The number of benzene rings is 1. The Hall–Kier alpha value is -1.35. The van der Waals surface area contributed by atoms with Crippen LogP contribution in [0.2, 0.25) is 0 Å². The van der Waals surface area contributed by atoms with Crippen LogP contribution in [0.5, 0.6) is 0 Å². The van der Waals surface area contributed by atoms with Gasteiger partial charge in [0.1, 0.15) is 0 Å². The topological polar surface area (TPSA) is 25.8 Å². The highest BCUT2D eigenvalue weighted by atomic mass is 32.2. The Labute approximate surface area is 100 Å². The molecule has 2 aromatic rings. The van der Waals surface area contributed by atoms with Gasteiger partial charge in [-0.3, -0.25) is 0 Å². The summed E-state index contributed by atoms with van der Waals surface area (Å²) >= 11 is 1.56. The fourth-order valence-corrected chi connectivity index (χ4v) is 1.87. The predicted octanol–water partition coefficient (Wildman–Crippen LogP) is 3.43. The molecule has 0 aliphatic rings. The average molecular weight is 230 g/mol. The molecule has 0 spiro atoms. The molecule has 0 radical (unpaired) electrons. The Morgan fingerprint density at radius 2 is 1.88 bits per heavy atom. The third-order valence-corrected chi connectivity index (χ3v) is 3.04. The van der Waals surface area contributed by atoms with Crippen LogP contribution in [0.15, 0.2) is 41.7 Å². The summed E-state index contributed by atoms with van der Waals surface area (Å²) in [6.07, 6.45) is 4.86. The summed E-state index contributed by atoms with van der Waals surface area (Å²) < 4.78 is 0. The van der Waals surface area contributed by atoms with Crippen molar-refractivity contribution in [1.82, 2.24) is 9.97 Å². The Morgan fingerprint density at radius 1 is 1.12 bits per heavy atom. The zero-order valence-electron chi connectivity index (χ0n) is 9.47. The molecule has 0 amide bonds. The van der Waals surface area contributed by atoms with Gasteiger partial charge < -0.3 is 0 Å². The van der Waals surface area contributed by atoms with E-state index in [-0.39, 0.29) is 0 Å². The highest BCUT2D eigenvalue weighted by molar-refractivity contribution is 7.98. The molecule has 0 N–H and O–H groups in total. The van der Waals surface area contributed by atoms with Crippen molar-refractivity contribution < 1.29 is 0 Å². The van der Waals surface area contributed by atoms with Crippen LogP contribution >= 0.6 is 11.8 Å². The summed E-state index contributed by atoms with van der Waals surface area (Å²) in [7, 11) is 0. The summed E-state index contributed by atoms with van der Waals surface area (Å²) in [6.45, 7) is 2.16. The summed E-state index contributed by atoms with van der Waals surface area (Å²) in [4.78, 5) is 8.64. The number of hydrogen-bond acceptors (Lipinski definition) is 3. The SMILES string of the molecule is CCc1ccc(-c2ccnc(SC)n2)cc1. The second-order valence-electron chi connectivity index (χ2n) is 3.48. The normalized spacial score (nSPS) is 10.4. The van der Waals surface area contributed by atoms with E-state index in [0.29, 0.717) is 0 Å². The molecule has 2 nitrogen and oxygen atoms in total. The van der Waals surface area contributed by atoms with Crippen molar-refractivity contribution in [1.29, 1.82) is 0 Å². The first-order valence-electron chi connectivity index (χ1n) is 5.30. The number of thioether (sulfide) groups is 1. The lowest BCUT2D eigenvalue weighted by Gasteiger charge is -2.03. The minimum Gasteiger partial charge on any atom is -0.231 e. The number of aryl methyl sites for hydroxylation is 1. The fourth-order valence-electron chi connectivity index (χ4n) is 1.51. The second kappa shape index (κ2) is 5.12. The second-order valence-corrected chi connectivity index (χ2v) is 4.25. The van der Waals surface area contributed by atoms with Gasteiger partial charge in [0.05, 0.1) is 5.69 Å². The molecule has 1 aromatic heterocycles. The maximum absolute atomic E-state index is 4.47. The largest absolute Gasteiger partial charge is 0.231 e. The minimum absolute atomic E-state index is 0.817. The molecule has 3 heteroatoms. The number of aromatic nitrogens is 2. The van der Waals surface area contributed by atoms with E-state index in [1.807, 2.05) is 18.5 Å². The molecule has 2 rings (SSSR count). The molecule has 0 bridgehead atoms. The smallest absolute Gasteiger partial charge is 0.187 e. The van der Waals surface area contributed by atoms with Crippen molar-refractivity contribution in [2.75, 3.05) is 6.26 Å². The molecule has 1 heterocycles. The van der Waals surface area contributed by atoms with Crippen molar-refractivity contribution >= 4 is 11.8 Å². The zero-order chi connectivity index (χ0) is 11.4. The fraction of sp³-hybridized carbons (Fsp3) is 0.231. The van der Waals surface area contributed by atoms with E-state index in [9.17, 15) is 0 Å². The molecule has 0 aliphatic heterocycles. The average Bonchev–Trinajstić information content (AvgIpc) is 2.39. The van der Waals surface area contributed by atoms with Crippen LogP contribution in [0.3, 0.4) is 0 Å². The van der Waals surface area contributed by atoms with Crippen LogP contribution in [0.25, 0.3) is 11.3 Å². The van der Waals surface area contributed by atoms with E-state index in [4.69, 9.17) is 0 Å². The lowest BCUT2D eigenvalue weighted by atomic mass is 10.1. The van der Waals surface area contributed by atoms with Gasteiger partial charge in [-0.25, -0.2) is 9.97 Å². The van der Waals surface area contributed by atoms with Crippen LogP contribution < -0.4 is 0 Å². The summed E-state index contributed by atoms with van der Waals surface area (Å²) in [5.74, 6) is 0. The maximum Gasteiger partial charge on any atom is 0.187 e. The Kier molecular flexibility index (Phi) is 3.57. The summed E-state index contributed by atoms with van der Waals surface area (Å²) in [5, 5.41) is 0.817. The Bertz CT molecular complexity index is 466. The molecule has 0 aliphatic carbocycles. The molecule has 1 aromatic carbocycles. The van der Waals surface area contributed by atoms with Gasteiger partial charge in [-0.2, -0.15) is 0 Å². The van der Waals surface area contributed by atoms with Crippen LogP contribution in [-0.4, -0.2) is 16.2 Å². The number of nitrogens with zero attached hydrogens (tertiary/aromatic N) is 2. The van der Waals surface area contributed by atoms with Crippen LogP contribution in [0.1, 0.15) is 12.5 Å². The van der Waals surface area contributed by atoms with E-state index in [1.54, 1.807) is 11.8 Å². The van der Waals surface area contributed by atoms with Crippen molar-refractivity contribution in [2.24, 2.45) is 0 Å². The highest BCUT2D eigenvalue weighted by Gasteiger charge is 2.01. The van der Waals surface area contributed by atoms with E-state index < -0.39 is 0 Å². The van der Waals surface area contributed by atoms with E-state index in [2.05, 4.69) is 41.2 Å². The van der Waals surface area contributed by atoms with Crippen LogP contribution in [0, 0.1) is 0 Å². The lowest BCUT2D eigenvalue weighted by molar-refractivity contribution is 0.976. The molecule has 0 unspecified atom stereocenters. The monoisotopic (exact) mass is 230 g/mol.